The highest BCUT2D eigenvalue weighted by atomic mass is 32.2. The zero-order chi connectivity index (χ0) is 15.3. The summed E-state index contributed by atoms with van der Waals surface area (Å²) >= 11 is 0. The van der Waals surface area contributed by atoms with Gasteiger partial charge in [-0.3, -0.25) is 9.63 Å². The molecule has 21 heavy (non-hydrogen) atoms. The van der Waals surface area contributed by atoms with Crippen molar-refractivity contribution in [2.45, 2.75) is 19.4 Å². The second-order valence-corrected chi connectivity index (χ2v) is 6.51. The Kier molecular flexibility index (Phi) is 5.29. The summed E-state index contributed by atoms with van der Waals surface area (Å²) in [4.78, 5) is 17.9. The number of rotatable bonds is 6. The van der Waals surface area contributed by atoms with E-state index in [-0.39, 0.29) is 19.7 Å². The first-order chi connectivity index (χ1) is 9.99. The molecule has 0 aliphatic carbocycles. The number of hydrogen-bond acceptors (Lipinski definition) is 4. The maximum Gasteiger partial charge on any atom is 0.306 e. The van der Waals surface area contributed by atoms with Crippen molar-refractivity contribution in [3.8, 4) is 0 Å². The van der Waals surface area contributed by atoms with Gasteiger partial charge in [-0.15, -0.1) is 0 Å². The molecule has 0 aromatic heterocycles. The Hall–Kier alpha value is -1.48. The molecule has 1 aliphatic rings. The molecule has 8 heteroatoms. The maximum atomic E-state index is 12.0. The van der Waals surface area contributed by atoms with E-state index in [2.05, 4.69) is 4.89 Å². The van der Waals surface area contributed by atoms with Crippen LogP contribution in [0.25, 0.3) is 0 Å². The number of nitrogens with one attached hydrogen (secondary N) is 1. The Morgan fingerprint density at radius 1 is 1.29 bits per heavy atom. The van der Waals surface area contributed by atoms with Crippen LogP contribution in [0.5, 0.6) is 0 Å². The molecule has 116 valence electrons. The Morgan fingerprint density at radius 2 is 1.90 bits per heavy atom. The van der Waals surface area contributed by atoms with Crippen molar-refractivity contribution in [3.05, 3.63) is 35.9 Å². The summed E-state index contributed by atoms with van der Waals surface area (Å²) in [6.07, 6.45) is 0.629. The predicted octanol–water partition coefficient (Wildman–Crippen LogP) is 0.749. The number of piperidine rings is 1. The number of nitrogens with zero attached hydrogens (tertiary/aromatic N) is 1. The van der Waals surface area contributed by atoms with Crippen molar-refractivity contribution in [1.29, 1.82) is 0 Å². The first-order valence-electron chi connectivity index (χ1n) is 6.64. The van der Waals surface area contributed by atoms with Crippen molar-refractivity contribution in [2.24, 2.45) is 5.92 Å². The normalized spacial score (nSPS) is 17.7. The third-order valence-corrected chi connectivity index (χ3v) is 4.76. The molecule has 0 atom stereocenters. The van der Waals surface area contributed by atoms with Crippen LogP contribution in [0.2, 0.25) is 0 Å². The summed E-state index contributed by atoms with van der Waals surface area (Å²) in [7, 11) is -3.73. The molecule has 2 N–H and O–H groups in total. The van der Waals surface area contributed by atoms with Crippen LogP contribution in [-0.4, -0.2) is 36.9 Å². The Bertz CT molecular complexity index is 567. The van der Waals surface area contributed by atoms with Crippen LogP contribution in [0.4, 0.5) is 0 Å². The van der Waals surface area contributed by atoms with Crippen molar-refractivity contribution in [2.75, 3.05) is 13.1 Å². The van der Waals surface area contributed by atoms with Gasteiger partial charge in [-0.05, 0) is 18.4 Å². The number of carboxylic acid groups (broad SMARTS) is 1. The van der Waals surface area contributed by atoms with E-state index in [0.29, 0.717) is 12.8 Å². The lowest BCUT2D eigenvalue weighted by atomic mass is 9.99. The average Bonchev–Trinajstić information content (AvgIpc) is 2.48. The minimum absolute atomic E-state index is 0.131. The van der Waals surface area contributed by atoms with E-state index in [9.17, 15) is 13.2 Å². The Balaban J connectivity index is 1.81. The lowest BCUT2D eigenvalue weighted by Crippen LogP contribution is -2.45. The van der Waals surface area contributed by atoms with Crippen LogP contribution < -0.4 is 4.89 Å². The van der Waals surface area contributed by atoms with Gasteiger partial charge in [0, 0.05) is 13.1 Å². The first kappa shape index (κ1) is 15.9. The molecule has 2 rings (SSSR count). The molecule has 0 amide bonds. The summed E-state index contributed by atoms with van der Waals surface area (Å²) in [5, 5.41) is 8.89. The first-order valence-corrected chi connectivity index (χ1v) is 8.08. The van der Waals surface area contributed by atoms with Gasteiger partial charge in [-0.25, -0.2) is 0 Å². The van der Waals surface area contributed by atoms with Gasteiger partial charge in [-0.2, -0.15) is 12.7 Å². The minimum Gasteiger partial charge on any atom is -0.481 e. The number of hydrogen-bond donors (Lipinski definition) is 2. The molecule has 0 spiro atoms. The van der Waals surface area contributed by atoms with E-state index in [1.165, 1.54) is 4.31 Å². The molecule has 1 aromatic carbocycles. The molecule has 1 fully saturated rings. The van der Waals surface area contributed by atoms with Gasteiger partial charge in [0.2, 0.25) is 0 Å². The van der Waals surface area contributed by atoms with Gasteiger partial charge < -0.3 is 5.11 Å². The number of benzene rings is 1. The van der Waals surface area contributed by atoms with Gasteiger partial charge in [0.25, 0.3) is 0 Å². The van der Waals surface area contributed by atoms with Crippen LogP contribution in [0.1, 0.15) is 18.4 Å². The summed E-state index contributed by atoms with van der Waals surface area (Å²) in [6, 6.07) is 9.19. The molecule has 1 heterocycles. The quantitative estimate of drug-likeness (QED) is 0.755. The van der Waals surface area contributed by atoms with Gasteiger partial charge >= 0.3 is 16.2 Å². The summed E-state index contributed by atoms with van der Waals surface area (Å²) < 4.78 is 25.2. The molecule has 1 aromatic rings. The van der Waals surface area contributed by atoms with Gasteiger partial charge in [0.05, 0.1) is 12.5 Å². The Labute approximate surface area is 123 Å². The molecule has 1 saturated heterocycles. The second-order valence-electron chi connectivity index (χ2n) is 4.87. The topological polar surface area (TPSA) is 95.9 Å². The van der Waals surface area contributed by atoms with Gasteiger partial charge in [0.15, 0.2) is 0 Å². The second kappa shape index (κ2) is 6.99. The Morgan fingerprint density at radius 3 is 2.48 bits per heavy atom. The van der Waals surface area contributed by atoms with E-state index in [1.807, 2.05) is 30.3 Å². The number of carboxylic acids is 1. The standard InChI is InChI=1S/C13H18N2O5S/c16-13(17)12-6-8-15(9-7-12)21(18,19)14-20-10-11-4-2-1-3-5-11/h1-5,12,14H,6-10H2,(H,16,17). The van der Waals surface area contributed by atoms with Crippen LogP contribution in [0, 0.1) is 5.92 Å². The van der Waals surface area contributed by atoms with Crippen LogP contribution in [0.3, 0.4) is 0 Å². The summed E-state index contributed by atoms with van der Waals surface area (Å²) in [6.45, 7) is 0.494. The largest absolute Gasteiger partial charge is 0.481 e. The van der Waals surface area contributed by atoms with E-state index in [0.717, 1.165) is 5.56 Å². The van der Waals surface area contributed by atoms with Gasteiger partial charge in [-0.1, -0.05) is 35.2 Å². The molecule has 0 saturated carbocycles. The lowest BCUT2D eigenvalue weighted by molar-refractivity contribution is -0.142. The van der Waals surface area contributed by atoms with E-state index in [4.69, 9.17) is 9.94 Å². The minimum atomic E-state index is -3.73. The molecular formula is C13H18N2O5S. The number of carbonyl (C=O) groups is 1. The molecule has 7 nitrogen and oxygen atoms in total. The molecular weight excluding hydrogens is 296 g/mol. The fraction of sp³-hybridized carbons (Fsp3) is 0.462. The smallest absolute Gasteiger partial charge is 0.306 e. The van der Waals surface area contributed by atoms with E-state index in [1.54, 1.807) is 0 Å². The average molecular weight is 314 g/mol. The van der Waals surface area contributed by atoms with Crippen LogP contribution in [-0.2, 0) is 26.4 Å². The fourth-order valence-corrected chi connectivity index (χ4v) is 3.16. The highest BCUT2D eigenvalue weighted by Gasteiger charge is 2.31. The van der Waals surface area contributed by atoms with Crippen molar-refractivity contribution in [3.63, 3.8) is 0 Å². The van der Waals surface area contributed by atoms with Crippen LogP contribution in [0.15, 0.2) is 30.3 Å². The molecule has 1 aliphatic heterocycles. The molecule has 0 unspecified atom stereocenters. The molecule has 0 bridgehead atoms. The van der Waals surface area contributed by atoms with Crippen molar-refractivity contribution in [1.82, 2.24) is 9.19 Å². The third-order valence-electron chi connectivity index (χ3n) is 3.39. The zero-order valence-electron chi connectivity index (χ0n) is 11.4. The SMILES string of the molecule is O=C(O)C1CCN(S(=O)(=O)NOCc2ccccc2)CC1. The summed E-state index contributed by atoms with van der Waals surface area (Å²) in [5.41, 5.74) is 0.852. The van der Waals surface area contributed by atoms with E-state index < -0.39 is 22.1 Å². The fourth-order valence-electron chi connectivity index (χ4n) is 2.16. The zero-order valence-corrected chi connectivity index (χ0v) is 12.3. The number of aliphatic carboxylic acids is 1. The highest BCUT2D eigenvalue weighted by molar-refractivity contribution is 7.87. The van der Waals surface area contributed by atoms with Crippen molar-refractivity contribution < 1.29 is 23.2 Å². The van der Waals surface area contributed by atoms with Gasteiger partial charge in [0.1, 0.15) is 0 Å². The predicted molar refractivity (Wildman–Crippen MR) is 75.2 cm³/mol. The maximum absolute atomic E-state index is 12.0. The van der Waals surface area contributed by atoms with Crippen LogP contribution >= 0.6 is 0 Å². The van der Waals surface area contributed by atoms with Crippen molar-refractivity contribution >= 4 is 16.2 Å². The van der Waals surface area contributed by atoms with E-state index >= 15 is 0 Å². The highest BCUT2D eigenvalue weighted by Crippen LogP contribution is 2.19. The summed E-state index contributed by atoms with van der Waals surface area (Å²) in [5.74, 6) is -1.35. The monoisotopic (exact) mass is 314 g/mol. The lowest BCUT2D eigenvalue weighted by Gasteiger charge is -2.28. The third kappa shape index (κ3) is 4.50. The molecule has 0 radical (unpaired) electrons.